The van der Waals surface area contributed by atoms with Crippen molar-refractivity contribution in [2.45, 2.75) is 13.8 Å². The molecular formula is C18H17N5O2. The van der Waals surface area contributed by atoms with Crippen molar-refractivity contribution >= 4 is 23.2 Å². The number of hydrogen-bond donors (Lipinski definition) is 2. The van der Waals surface area contributed by atoms with E-state index in [1.165, 1.54) is 6.92 Å². The van der Waals surface area contributed by atoms with E-state index in [0.29, 0.717) is 16.9 Å². The van der Waals surface area contributed by atoms with Crippen LogP contribution in [0.4, 0.5) is 11.4 Å². The largest absolute Gasteiger partial charge is 0.326 e. The molecule has 2 aromatic heterocycles. The fourth-order valence-electron chi connectivity index (χ4n) is 2.33. The Labute approximate surface area is 144 Å². The number of anilines is 2. The minimum absolute atomic E-state index is 0.156. The molecule has 3 aromatic rings. The first-order valence-corrected chi connectivity index (χ1v) is 7.68. The highest BCUT2D eigenvalue weighted by molar-refractivity contribution is 6.04. The van der Waals surface area contributed by atoms with Crippen LogP contribution in [0.3, 0.4) is 0 Å². The van der Waals surface area contributed by atoms with Crippen LogP contribution in [0.5, 0.6) is 0 Å². The van der Waals surface area contributed by atoms with E-state index in [2.05, 4.69) is 20.6 Å². The highest BCUT2D eigenvalue weighted by atomic mass is 16.2. The maximum atomic E-state index is 12.3. The summed E-state index contributed by atoms with van der Waals surface area (Å²) in [6.45, 7) is 3.32. The first-order valence-electron chi connectivity index (χ1n) is 7.68. The van der Waals surface area contributed by atoms with Crippen LogP contribution in [-0.2, 0) is 4.79 Å². The molecule has 2 N–H and O–H groups in total. The maximum absolute atomic E-state index is 12.3. The highest BCUT2D eigenvalue weighted by Crippen LogP contribution is 2.14. The summed E-state index contributed by atoms with van der Waals surface area (Å²) in [6, 6.07) is 10.3. The Morgan fingerprint density at radius 3 is 2.24 bits per heavy atom. The molecule has 0 radical (unpaired) electrons. The summed E-state index contributed by atoms with van der Waals surface area (Å²) in [5.41, 5.74) is 1.73. The second-order valence-electron chi connectivity index (χ2n) is 5.46. The van der Waals surface area contributed by atoms with Crippen molar-refractivity contribution in [3.05, 3.63) is 66.4 Å². The molecule has 0 bridgehead atoms. The number of carbonyl (C=O) groups is 2. The smallest absolute Gasteiger partial charge is 0.255 e. The molecular weight excluding hydrogens is 318 g/mol. The van der Waals surface area contributed by atoms with Crippen LogP contribution in [0.15, 0.2) is 55.0 Å². The molecule has 0 spiro atoms. The van der Waals surface area contributed by atoms with Gasteiger partial charge in [-0.15, -0.1) is 0 Å². The molecule has 25 heavy (non-hydrogen) atoms. The van der Waals surface area contributed by atoms with E-state index in [1.807, 2.05) is 23.8 Å². The van der Waals surface area contributed by atoms with Gasteiger partial charge in [-0.1, -0.05) is 0 Å². The molecule has 7 nitrogen and oxygen atoms in total. The van der Waals surface area contributed by atoms with Gasteiger partial charge in [-0.2, -0.15) is 0 Å². The van der Waals surface area contributed by atoms with Gasteiger partial charge in [0.1, 0.15) is 11.6 Å². The van der Waals surface area contributed by atoms with Crippen LogP contribution in [0, 0.1) is 6.92 Å². The molecule has 126 valence electrons. The molecule has 0 aliphatic carbocycles. The lowest BCUT2D eigenvalue weighted by molar-refractivity contribution is -0.114. The fourth-order valence-corrected chi connectivity index (χ4v) is 2.33. The zero-order valence-electron chi connectivity index (χ0n) is 13.9. The molecule has 0 unspecified atom stereocenters. The second-order valence-corrected chi connectivity index (χ2v) is 5.46. The summed E-state index contributed by atoms with van der Waals surface area (Å²) >= 11 is 0. The van der Waals surface area contributed by atoms with E-state index in [1.54, 1.807) is 42.7 Å². The number of aromatic nitrogens is 3. The van der Waals surface area contributed by atoms with Gasteiger partial charge < -0.3 is 10.6 Å². The van der Waals surface area contributed by atoms with Crippen molar-refractivity contribution in [2.75, 3.05) is 10.6 Å². The van der Waals surface area contributed by atoms with Crippen LogP contribution >= 0.6 is 0 Å². The SMILES string of the molecule is CC(=O)Nc1ccc(C(=O)Nc2ccc(-n3ccnc3C)nc2)cc1. The summed E-state index contributed by atoms with van der Waals surface area (Å²) in [5.74, 6) is 1.16. The Morgan fingerprint density at radius 1 is 0.960 bits per heavy atom. The number of aryl methyl sites for hydroxylation is 1. The monoisotopic (exact) mass is 335 g/mol. The standard InChI is InChI=1S/C18H17N5O2/c1-12-19-9-10-23(12)17-8-7-16(11-20-17)22-18(25)14-3-5-15(6-4-14)21-13(2)24/h3-11H,1-2H3,(H,21,24)(H,22,25). The van der Waals surface area contributed by atoms with Crippen molar-refractivity contribution in [1.29, 1.82) is 0 Å². The predicted octanol–water partition coefficient (Wildman–Crippen LogP) is 2.79. The van der Waals surface area contributed by atoms with E-state index in [4.69, 9.17) is 0 Å². The van der Waals surface area contributed by atoms with Gasteiger partial charge >= 0.3 is 0 Å². The second kappa shape index (κ2) is 6.96. The summed E-state index contributed by atoms with van der Waals surface area (Å²) in [6.07, 6.45) is 5.13. The number of pyridine rings is 1. The van der Waals surface area contributed by atoms with Crippen LogP contribution in [0.2, 0.25) is 0 Å². The average Bonchev–Trinajstić information content (AvgIpc) is 3.02. The lowest BCUT2D eigenvalue weighted by atomic mass is 10.2. The van der Waals surface area contributed by atoms with Crippen molar-refractivity contribution in [2.24, 2.45) is 0 Å². The topological polar surface area (TPSA) is 88.9 Å². The van der Waals surface area contributed by atoms with Gasteiger partial charge in [0, 0.05) is 30.6 Å². The molecule has 0 saturated heterocycles. The van der Waals surface area contributed by atoms with E-state index in [0.717, 1.165) is 11.6 Å². The zero-order valence-corrected chi connectivity index (χ0v) is 13.9. The Hall–Kier alpha value is -3.48. The molecule has 0 fully saturated rings. The third-order valence-corrected chi connectivity index (χ3v) is 3.55. The third-order valence-electron chi connectivity index (χ3n) is 3.55. The first-order chi connectivity index (χ1) is 12.0. The van der Waals surface area contributed by atoms with Gasteiger partial charge in [0.15, 0.2) is 0 Å². The Morgan fingerprint density at radius 2 is 1.68 bits per heavy atom. The van der Waals surface area contributed by atoms with Gasteiger partial charge in [-0.05, 0) is 43.3 Å². The lowest BCUT2D eigenvalue weighted by Crippen LogP contribution is -2.12. The van der Waals surface area contributed by atoms with Crippen LogP contribution < -0.4 is 10.6 Å². The minimum atomic E-state index is -0.247. The van der Waals surface area contributed by atoms with Gasteiger partial charge in [0.2, 0.25) is 5.91 Å². The summed E-state index contributed by atoms with van der Waals surface area (Å²) in [5, 5.41) is 5.45. The lowest BCUT2D eigenvalue weighted by Gasteiger charge is -2.08. The maximum Gasteiger partial charge on any atom is 0.255 e. The number of amides is 2. The highest BCUT2D eigenvalue weighted by Gasteiger charge is 2.08. The Bertz CT molecular complexity index is 898. The zero-order chi connectivity index (χ0) is 17.8. The van der Waals surface area contributed by atoms with Crippen LogP contribution in [-0.4, -0.2) is 26.3 Å². The Balaban J connectivity index is 1.68. The number of rotatable bonds is 4. The van der Waals surface area contributed by atoms with E-state index in [9.17, 15) is 9.59 Å². The van der Waals surface area contributed by atoms with Crippen LogP contribution in [0.25, 0.3) is 5.82 Å². The fraction of sp³-hybridized carbons (Fsp3) is 0.111. The molecule has 7 heteroatoms. The Kier molecular flexibility index (Phi) is 4.56. The molecule has 2 heterocycles. The average molecular weight is 335 g/mol. The number of benzene rings is 1. The van der Waals surface area contributed by atoms with E-state index < -0.39 is 0 Å². The number of nitrogens with zero attached hydrogens (tertiary/aromatic N) is 3. The molecule has 0 aliphatic rings. The van der Waals surface area contributed by atoms with Crippen molar-refractivity contribution in [3.63, 3.8) is 0 Å². The van der Waals surface area contributed by atoms with E-state index in [-0.39, 0.29) is 11.8 Å². The minimum Gasteiger partial charge on any atom is -0.326 e. The normalized spacial score (nSPS) is 10.3. The molecule has 2 amide bonds. The van der Waals surface area contributed by atoms with E-state index >= 15 is 0 Å². The van der Waals surface area contributed by atoms with Crippen molar-refractivity contribution in [1.82, 2.24) is 14.5 Å². The van der Waals surface area contributed by atoms with Gasteiger partial charge in [0.05, 0.1) is 11.9 Å². The molecule has 0 aliphatic heterocycles. The van der Waals surface area contributed by atoms with Crippen LogP contribution in [0.1, 0.15) is 23.1 Å². The summed E-state index contributed by atoms with van der Waals surface area (Å²) in [4.78, 5) is 31.8. The quantitative estimate of drug-likeness (QED) is 0.767. The van der Waals surface area contributed by atoms with Gasteiger partial charge in [-0.3, -0.25) is 14.2 Å². The molecule has 3 rings (SSSR count). The molecule has 1 aromatic carbocycles. The van der Waals surface area contributed by atoms with Gasteiger partial charge in [-0.25, -0.2) is 9.97 Å². The number of imidazole rings is 1. The number of hydrogen-bond acceptors (Lipinski definition) is 4. The summed E-state index contributed by atoms with van der Waals surface area (Å²) < 4.78 is 1.85. The molecule has 0 saturated carbocycles. The predicted molar refractivity (Wildman–Crippen MR) is 94.8 cm³/mol. The number of carbonyl (C=O) groups excluding carboxylic acids is 2. The third kappa shape index (κ3) is 3.89. The van der Waals surface area contributed by atoms with Crippen molar-refractivity contribution < 1.29 is 9.59 Å². The summed E-state index contributed by atoms with van der Waals surface area (Å²) in [7, 11) is 0. The van der Waals surface area contributed by atoms with Gasteiger partial charge in [0.25, 0.3) is 5.91 Å². The first kappa shape index (κ1) is 16.4. The van der Waals surface area contributed by atoms with Crippen molar-refractivity contribution in [3.8, 4) is 5.82 Å². The number of nitrogens with one attached hydrogen (secondary N) is 2. The molecule has 0 atom stereocenters.